The van der Waals surface area contributed by atoms with Gasteiger partial charge in [-0.1, -0.05) is 12.8 Å². The first-order valence-corrected chi connectivity index (χ1v) is 4.52. The molecule has 0 aromatic rings. The van der Waals surface area contributed by atoms with Crippen molar-refractivity contribution >= 4 is 0 Å². The highest BCUT2D eigenvalue weighted by atomic mass is 16.3. The van der Waals surface area contributed by atoms with Gasteiger partial charge < -0.3 is 5.11 Å². The minimum atomic E-state index is 0.446. The molecule has 3 atom stereocenters. The lowest BCUT2D eigenvalue weighted by Gasteiger charge is -2.14. The van der Waals surface area contributed by atoms with E-state index < -0.39 is 0 Å². The molecule has 0 aromatic heterocycles. The van der Waals surface area contributed by atoms with E-state index in [-0.39, 0.29) is 0 Å². The fourth-order valence-electron chi connectivity index (χ4n) is 2.91. The number of fused-ring (bicyclic) bond motifs is 1. The molecule has 2 aliphatic rings. The number of aliphatic hydroxyl groups is 1. The molecule has 2 aliphatic carbocycles. The van der Waals surface area contributed by atoms with E-state index in [0.29, 0.717) is 12.5 Å². The molecule has 0 aliphatic heterocycles. The number of rotatable bonds is 1. The van der Waals surface area contributed by atoms with Gasteiger partial charge in [-0.05, 0) is 37.0 Å². The van der Waals surface area contributed by atoms with Gasteiger partial charge >= 0.3 is 0 Å². The van der Waals surface area contributed by atoms with Gasteiger partial charge in [-0.2, -0.15) is 0 Å². The van der Waals surface area contributed by atoms with Crippen LogP contribution in [0.5, 0.6) is 0 Å². The Balaban J connectivity index is 2.01. The lowest BCUT2D eigenvalue weighted by atomic mass is 9.93. The van der Waals surface area contributed by atoms with Gasteiger partial charge in [0.2, 0.25) is 0 Å². The molecule has 0 amide bonds. The zero-order valence-electron chi connectivity index (χ0n) is 6.42. The molecule has 2 fully saturated rings. The zero-order valence-corrected chi connectivity index (χ0v) is 6.42. The van der Waals surface area contributed by atoms with Gasteiger partial charge in [0, 0.05) is 6.61 Å². The van der Waals surface area contributed by atoms with E-state index in [1.54, 1.807) is 0 Å². The maximum absolute atomic E-state index is 9.01. The minimum Gasteiger partial charge on any atom is -0.396 e. The second-order valence-electron chi connectivity index (χ2n) is 3.87. The summed E-state index contributed by atoms with van der Waals surface area (Å²) in [6.07, 6.45) is 6.96. The smallest absolute Gasteiger partial charge is 0.0462 e. The molecule has 2 rings (SSSR count). The summed E-state index contributed by atoms with van der Waals surface area (Å²) in [5, 5.41) is 9.01. The summed E-state index contributed by atoms with van der Waals surface area (Å²) in [6, 6.07) is 0. The third kappa shape index (κ3) is 0.878. The van der Waals surface area contributed by atoms with Crippen molar-refractivity contribution in [3.63, 3.8) is 0 Å². The van der Waals surface area contributed by atoms with Crippen LogP contribution in [0, 0.1) is 17.8 Å². The molecule has 10 heavy (non-hydrogen) atoms. The zero-order chi connectivity index (χ0) is 6.97. The van der Waals surface area contributed by atoms with Gasteiger partial charge in [0.05, 0.1) is 0 Å². The first-order chi connectivity index (χ1) is 4.92. The summed E-state index contributed by atoms with van der Waals surface area (Å²) in [5.41, 5.74) is 0. The number of hydrogen-bond donors (Lipinski definition) is 1. The van der Waals surface area contributed by atoms with Crippen molar-refractivity contribution in [1.29, 1.82) is 0 Å². The van der Waals surface area contributed by atoms with Crippen LogP contribution in [0.25, 0.3) is 0 Å². The molecule has 0 saturated heterocycles. The first kappa shape index (κ1) is 6.66. The summed E-state index contributed by atoms with van der Waals surface area (Å²) in [6.45, 7) is 0.446. The van der Waals surface area contributed by atoms with Gasteiger partial charge in [-0.3, -0.25) is 0 Å². The second-order valence-corrected chi connectivity index (χ2v) is 3.87. The average molecular weight is 140 g/mol. The maximum Gasteiger partial charge on any atom is 0.0462 e. The molecule has 3 unspecified atom stereocenters. The fraction of sp³-hybridized carbons (Fsp3) is 1.00. The van der Waals surface area contributed by atoms with Crippen LogP contribution in [0.1, 0.15) is 32.1 Å². The van der Waals surface area contributed by atoms with E-state index in [2.05, 4.69) is 0 Å². The van der Waals surface area contributed by atoms with Gasteiger partial charge in [-0.15, -0.1) is 0 Å². The Morgan fingerprint density at radius 3 is 2.80 bits per heavy atom. The Morgan fingerprint density at radius 1 is 1.10 bits per heavy atom. The van der Waals surface area contributed by atoms with Crippen LogP contribution in [-0.4, -0.2) is 11.7 Å². The van der Waals surface area contributed by atoms with E-state index in [9.17, 15) is 0 Å². The predicted molar refractivity (Wildman–Crippen MR) is 40.6 cm³/mol. The SMILES string of the molecule is OCC1CCC2CCCC12. The van der Waals surface area contributed by atoms with Crippen LogP contribution >= 0.6 is 0 Å². The van der Waals surface area contributed by atoms with Crippen molar-refractivity contribution in [1.82, 2.24) is 0 Å². The standard InChI is InChI=1S/C9H16O/c10-6-8-5-4-7-2-1-3-9(7)8/h7-10H,1-6H2. The minimum absolute atomic E-state index is 0.446. The van der Waals surface area contributed by atoms with E-state index in [1.165, 1.54) is 32.1 Å². The van der Waals surface area contributed by atoms with Gasteiger partial charge in [0.25, 0.3) is 0 Å². The second kappa shape index (κ2) is 2.54. The third-order valence-electron chi connectivity index (χ3n) is 3.47. The van der Waals surface area contributed by atoms with Gasteiger partial charge in [-0.25, -0.2) is 0 Å². The Morgan fingerprint density at radius 2 is 2.00 bits per heavy atom. The molecule has 2 saturated carbocycles. The molecule has 0 aromatic carbocycles. The normalized spacial score (nSPS) is 45.9. The molecule has 58 valence electrons. The number of hydrogen-bond acceptors (Lipinski definition) is 1. The summed E-state index contributed by atoms with van der Waals surface area (Å²) < 4.78 is 0. The molecular weight excluding hydrogens is 124 g/mol. The molecular formula is C9H16O. The van der Waals surface area contributed by atoms with Crippen LogP contribution in [0.4, 0.5) is 0 Å². The molecule has 1 N–H and O–H groups in total. The third-order valence-corrected chi connectivity index (χ3v) is 3.47. The highest BCUT2D eigenvalue weighted by molar-refractivity contribution is 4.88. The lowest BCUT2D eigenvalue weighted by Crippen LogP contribution is -2.12. The lowest BCUT2D eigenvalue weighted by molar-refractivity contribution is 0.188. The summed E-state index contributed by atoms with van der Waals surface area (Å²) in [7, 11) is 0. The van der Waals surface area contributed by atoms with E-state index in [0.717, 1.165) is 11.8 Å². The van der Waals surface area contributed by atoms with Crippen LogP contribution < -0.4 is 0 Å². The van der Waals surface area contributed by atoms with Crippen molar-refractivity contribution in [2.45, 2.75) is 32.1 Å². The Kier molecular flexibility index (Phi) is 1.69. The topological polar surface area (TPSA) is 20.2 Å². The Bertz CT molecular complexity index is 122. The molecule has 0 bridgehead atoms. The van der Waals surface area contributed by atoms with Crippen molar-refractivity contribution < 1.29 is 5.11 Å². The average Bonchev–Trinajstić information content (AvgIpc) is 2.44. The summed E-state index contributed by atoms with van der Waals surface area (Å²) in [4.78, 5) is 0. The molecule has 0 spiro atoms. The van der Waals surface area contributed by atoms with Crippen molar-refractivity contribution in [3.05, 3.63) is 0 Å². The highest BCUT2D eigenvalue weighted by Gasteiger charge is 2.38. The monoisotopic (exact) mass is 140 g/mol. The quantitative estimate of drug-likeness (QED) is 0.589. The number of aliphatic hydroxyl groups excluding tert-OH is 1. The highest BCUT2D eigenvalue weighted by Crippen LogP contribution is 2.47. The first-order valence-electron chi connectivity index (χ1n) is 4.52. The van der Waals surface area contributed by atoms with Gasteiger partial charge in [0.15, 0.2) is 0 Å². The van der Waals surface area contributed by atoms with Crippen LogP contribution in [0.3, 0.4) is 0 Å². The van der Waals surface area contributed by atoms with E-state index in [1.807, 2.05) is 0 Å². The maximum atomic E-state index is 9.01. The largest absolute Gasteiger partial charge is 0.396 e. The Hall–Kier alpha value is -0.0400. The van der Waals surface area contributed by atoms with Crippen LogP contribution in [0.15, 0.2) is 0 Å². The predicted octanol–water partition coefficient (Wildman–Crippen LogP) is 1.80. The van der Waals surface area contributed by atoms with Crippen LogP contribution in [0.2, 0.25) is 0 Å². The van der Waals surface area contributed by atoms with Crippen LogP contribution in [-0.2, 0) is 0 Å². The van der Waals surface area contributed by atoms with Crippen molar-refractivity contribution in [3.8, 4) is 0 Å². The molecule has 0 radical (unpaired) electrons. The fourth-order valence-corrected chi connectivity index (χ4v) is 2.91. The van der Waals surface area contributed by atoms with Gasteiger partial charge in [0.1, 0.15) is 0 Å². The molecule has 1 nitrogen and oxygen atoms in total. The van der Waals surface area contributed by atoms with Crippen molar-refractivity contribution in [2.24, 2.45) is 17.8 Å². The Labute approximate surface area is 62.4 Å². The van der Waals surface area contributed by atoms with E-state index in [4.69, 9.17) is 5.11 Å². The molecule has 0 heterocycles. The molecule has 1 heteroatoms. The summed E-state index contributed by atoms with van der Waals surface area (Å²) >= 11 is 0. The van der Waals surface area contributed by atoms with Crippen molar-refractivity contribution in [2.75, 3.05) is 6.61 Å². The van der Waals surface area contributed by atoms with E-state index >= 15 is 0 Å². The summed E-state index contributed by atoms with van der Waals surface area (Å²) in [5.74, 6) is 2.58.